The Balaban J connectivity index is 0. The number of rotatable bonds is 14. The van der Waals surface area contributed by atoms with Crippen molar-refractivity contribution in [3.63, 3.8) is 0 Å². The van der Waals surface area contributed by atoms with E-state index in [1.165, 1.54) is 9.80 Å². The molecule has 1 rings (SSSR count). The number of carbonyl (C=O) groups is 1. The Morgan fingerprint density at radius 2 is 1.45 bits per heavy atom. The van der Waals surface area contributed by atoms with Gasteiger partial charge in [-0.15, -0.1) is 0 Å². The first-order valence-corrected chi connectivity index (χ1v) is 10.2. The van der Waals surface area contributed by atoms with Gasteiger partial charge in [-0.05, 0) is 45.9 Å². The highest BCUT2D eigenvalue weighted by Gasteiger charge is 2.13. The minimum atomic E-state index is -0.318. The minimum Gasteiger partial charge on any atom is -1.00 e. The zero-order valence-electron chi connectivity index (χ0n) is 18.5. The van der Waals surface area contributed by atoms with Crippen molar-refractivity contribution in [1.82, 2.24) is 0 Å². The largest absolute Gasteiger partial charge is 1.00 e. The van der Waals surface area contributed by atoms with Crippen LogP contribution >= 0.6 is 0 Å². The third-order valence-electron chi connectivity index (χ3n) is 5.02. The fourth-order valence-corrected chi connectivity index (χ4v) is 3.00. The van der Waals surface area contributed by atoms with E-state index in [2.05, 4.69) is 27.7 Å². The van der Waals surface area contributed by atoms with Gasteiger partial charge in [0.1, 0.15) is 13.2 Å². The number of quaternary nitrogens is 2. The average molecular weight is 453 g/mol. The summed E-state index contributed by atoms with van der Waals surface area (Å²) >= 11 is 0. The van der Waals surface area contributed by atoms with Gasteiger partial charge in [0.05, 0.1) is 52.0 Å². The maximum Gasteiger partial charge on any atom is 0.338 e. The van der Waals surface area contributed by atoms with Crippen LogP contribution in [0.4, 0.5) is 0 Å². The molecule has 0 aliphatic carbocycles. The molecule has 0 bridgehead atoms. The fourth-order valence-electron chi connectivity index (χ4n) is 3.00. The van der Waals surface area contributed by atoms with Gasteiger partial charge in [0.2, 0.25) is 0 Å². The quantitative estimate of drug-likeness (QED) is 0.218. The molecule has 0 heterocycles. The van der Waals surface area contributed by atoms with E-state index >= 15 is 0 Å². The van der Waals surface area contributed by atoms with Gasteiger partial charge in [-0.1, -0.05) is 0 Å². The van der Waals surface area contributed by atoms with Crippen LogP contribution in [0.2, 0.25) is 0 Å². The predicted octanol–water partition coefficient (Wildman–Crippen LogP) is -5.52. The van der Waals surface area contributed by atoms with Gasteiger partial charge in [0, 0.05) is 6.42 Å². The minimum absolute atomic E-state index is 0. The maximum atomic E-state index is 12.3. The molecule has 0 aromatic heterocycles. The molecule has 0 radical (unpaired) electrons. The number of benzene rings is 1. The summed E-state index contributed by atoms with van der Waals surface area (Å²) in [4.78, 5) is 15.3. The highest BCUT2D eigenvalue weighted by molar-refractivity contribution is 5.90. The van der Waals surface area contributed by atoms with Crippen molar-refractivity contribution >= 4 is 5.97 Å². The van der Waals surface area contributed by atoms with Gasteiger partial charge in [-0.2, -0.15) is 0 Å². The van der Waals surface area contributed by atoms with Crippen molar-refractivity contribution in [2.45, 2.75) is 34.1 Å². The summed E-state index contributed by atoms with van der Waals surface area (Å²) in [5.74, 6) is 0.902. The highest BCUT2D eigenvalue weighted by atomic mass is 35.5. The molecule has 0 spiro atoms. The molecule has 0 saturated carbocycles. The number of hydrogen-bond donors (Lipinski definition) is 2. The van der Waals surface area contributed by atoms with E-state index in [1.807, 2.05) is 0 Å². The lowest BCUT2D eigenvalue weighted by atomic mass is 10.2. The summed E-state index contributed by atoms with van der Waals surface area (Å²) in [7, 11) is 1.58. The molecule has 0 aliphatic heterocycles. The van der Waals surface area contributed by atoms with Crippen LogP contribution in [0.25, 0.3) is 0 Å². The first kappa shape index (κ1) is 30.0. The maximum absolute atomic E-state index is 12.3. The van der Waals surface area contributed by atoms with Crippen LogP contribution in [0.3, 0.4) is 0 Å². The molecule has 8 heteroatoms. The molecular formula is C21H38Cl2N2O4. The van der Waals surface area contributed by atoms with Crippen molar-refractivity contribution in [2.24, 2.45) is 0 Å². The monoisotopic (exact) mass is 452 g/mol. The molecule has 0 saturated heterocycles. The summed E-state index contributed by atoms with van der Waals surface area (Å²) in [5.41, 5.74) is 0.490. The Bertz CT molecular complexity index is 553. The standard InChI is InChI=1S/C21H36N2O4.2ClH/c1-6-22(7-2)13-10-15-27-21(24)18-11-12-19(20(17-18)25-5)26-16-14-23(8-3)9-4;;/h11-12,17H,6-10,13-16H2,1-5H3;2*1H. The molecule has 0 aliphatic rings. The van der Waals surface area contributed by atoms with Crippen LogP contribution in [-0.2, 0) is 4.74 Å². The van der Waals surface area contributed by atoms with E-state index in [0.717, 1.165) is 45.7 Å². The Morgan fingerprint density at radius 3 is 2.00 bits per heavy atom. The normalized spacial score (nSPS) is 10.3. The summed E-state index contributed by atoms with van der Waals surface area (Å²) in [5, 5.41) is 0. The SMILES string of the molecule is CC[NH+](CC)CCCOC(=O)c1ccc(OCC[NH+](CC)CC)c(OC)c1.[Cl-].[Cl-]. The molecule has 2 N–H and O–H groups in total. The molecule has 0 fully saturated rings. The number of methoxy groups -OCH3 is 1. The lowest BCUT2D eigenvalue weighted by molar-refractivity contribution is -0.896. The summed E-state index contributed by atoms with van der Waals surface area (Å²) in [6.07, 6.45) is 0.870. The van der Waals surface area contributed by atoms with E-state index in [-0.39, 0.29) is 30.8 Å². The van der Waals surface area contributed by atoms with E-state index in [4.69, 9.17) is 14.2 Å². The molecule has 1 aromatic carbocycles. The number of halogens is 2. The number of carbonyl (C=O) groups excluding carboxylic acids is 1. The lowest BCUT2D eigenvalue weighted by Gasteiger charge is -2.17. The van der Waals surface area contributed by atoms with Crippen LogP contribution < -0.4 is 44.1 Å². The number of hydrogen-bond acceptors (Lipinski definition) is 4. The van der Waals surface area contributed by atoms with Crippen LogP contribution in [0.5, 0.6) is 11.5 Å². The van der Waals surface area contributed by atoms with Gasteiger partial charge in [0.15, 0.2) is 11.5 Å². The lowest BCUT2D eigenvalue weighted by Crippen LogP contribution is -3.12. The third kappa shape index (κ3) is 10.9. The predicted molar refractivity (Wildman–Crippen MR) is 107 cm³/mol. The van der Waals surface area contributed by atoms with Gasteiger partial charge >= 0.3 is 5.97 Å². The Kier molecular flexibility index (Phi) is 18.2. The third-order valence-corrected chi connectivity index (χ3v) is 5.02. The van der Waals surface area contributed by atoms with Crippen molar-refractivity contribution in [3.8, 4) is 11.5 Å². The fraction of sp³-hybridized carbons (Fsp3) is 0.667. The number of ether oxygens (including phenoxy) is 3. The smallest absolute Gasteiger partial charge is 0.338 e. The van der Waals surface area contributed by atoms with Gasteiger partial charge in [0.25, 0.3) is 0 Å². The first-order valence-electron chi connectivity index (χ1n) is 10.2. The second-order valence-corrected chi connectivity index (χ2v) is 6.62. The second-order valence-electron chi connectivity index (χ2n) is 6.62. The van der Waals surface area contributed by atoms with Crippen LogP contribution in [0.1, 0.15) is 44.5 Å². The zero-order chi connectivity index (χ0) is 20.1. The molecule has 1 aromatic rings. The first-order chi connectivity index (χ1) is 13.1. The zero-order valence-corrected chi connectivity index (χ0v) is 20.0. The second kappa shape index (κ2) is 17.6. The molecule has 0 unspecified atom stereocenters. The van der Waals surface area contributed by atoms with E-state index in [9.17, 15) is 4.79 Å². The summed E-state index contributed by atoms with van der Waals surface area (Å²) < 4.78 is 16.6. The molecule has 170 valence electrons. The summed E-state index contributed by atoms with van der Waals surface area (Å²) in [6, 6.07) is 5.21. The molecular weight excluding hydrogens is 415 g/mol. The van der Waals surface area contributed by atoms with E-state index < -0.39 is 0 Å². The summed E-state index contributed by atoms with van der Waals surface area (Å²) in [6.45, 7) is 16.0. The van der Waals surface area contributed by atoms with Crippen LogP contribution in [0, 0.1) is 0 Å². The number of likely N-dealkylation sites (N-methyl/N-ethyl adjacent to an activating group) is 1. The van der Waals surface area contributed by atoms with Crippen molar-refractivity contribution in [2.75, 3.05) is 59.6 Å². The van der Waals surface area contributed by atoms with Crippen LogP contribution in [0.15, 0.2) is 18.2 Å². The topological polar surface area (TPSA) is 53.6 Å². The number of nitrogens with one attached hydrogen (secondary N) is 2. The van der Waals surface area contributed by atoms with Crippen molar-refractivity contribution < 1.29 is 53.6 Å². The van der Waals surface area contributed by atoms with Gasteiger partial charge in [-0.3, -0.25) is 0 Å². The Hall–Kier alpha value is -1.21. The molecule has 6 nitrogen and oxygen atoms in total. The Labute approximate surface area is 188 Å². The van der Waals surface area contributed by atoms with Gasteiger partial charge < -0.3 is 48.8 Å². The average Bonchev–Trinajstić information content (AvgIpc) is 2.71. The Morgan fingerprint density at radius 1 is 0.862 bits per heavy atom. The number of esters is 1. The molecule has 29 heavy (non-hydrogen) atoms. The van der Waals surface area contributed by atoms with E-state index in [0.29, 0.717) is 30.3 Å². The van der Waals surface area contributed by atoms with Crippen molar-refractivity contribution in [1.29, 1.82) is 0 Å². The molecule has 0 atom stereocenters. The van der Waals surface area contributed by atoms with Gasteiger partial charge in [-0.25, -0.2) is 4.79 Å². The van der Waals surface area contributed by atoms with Crippen molar-refractivity contribution in [3.05, 3.63) is 23.8 Å². The van der Waals surface area contributed by atoms with Crippen LogP contribution in [-0.4, -0.2) is 65.6 Å². The van der Waals surface area contributed by atoms with E-state index in [1.54, 1.807) is 25.3 Å². The molecule has 0 amide bonds. The highest BCUT2D eigenvalue weighted by Crippen LogP contribution is 2.28.